The van der Waals surface area contributed by atoms with E-state index in [-0.39, 0.29) is 14.0 Å². The number of methoxy groups -OCH3 is 1. The number of rotatable bonds is 11. The monoisotopic (exact) mass is 623 g/mol. The second-order valence-electron chi connectivity index (χ2n) is 11.6. The van der Waals surface area contributed by atoms with E-state index in [0.29, 0.717) is 36.0 Å². The van der Waals surface area contributed by atoms with Crippen LogP contribution < -0.4 is 0 Å². The van der Waals surface area contributed by atoms with Crippen LogP contribution in [0.15, 0.2) is 46.8 Å². The van der Waals surface area contributed by atoms with Crippen LogP contribution in [0.25, 0.3) is 0 Å². The van der Waals surface area contributed by atoms with Gasteiger partial charge in [-0.05, 0) is 37.4 Å². The number of carbonyl (C=O) groups excluding carboxylic acids is 2. The highest BCUT2D eigenvalue weighted by molar-refractivity contribution is 5.92. The lowest BCUT2D eigenvalue weighted by Gasteiger charge is -2.41. The molecule has 0 radical (unpaired) electrons. The van der Waals surface area contributed by atoms with E-state index in [1.807, 2.05) is 11.9 Å². The van der Waals surface area contributed by atoms with Crippen LogP contribution >= 0.6 is 0 Å². The number of benzene rings is 1. The Morgan fingerprint density at radius 1 is 0.864 bits per heavy atom. The van der Waals surface area contributed by atoms with Gasteiger partial charge in [-0.15, -0.1) is 0 Å². The number of carbonyl (C=O) groups is 2. The van der Waals surface area contributed by atoms with Crippen molar-refractivity contribution in [1.29, 1.82) is 0 Å². The minimum absolute atomic E-state index is 0. The Labute approximate surface area is 259 Å². The van der Waals surface area contributed by atoms with Gasteiger partial charge < -0.3 is 34.0 Å². The zero-order chi connectivity index (χ0) is 31.1. The molecule has 0 aromatic heterocycles. The number of halogens is 3. The fourth-order valence-corrected chi connectivity index (χ4v) is 6.24. The van der Waals surface area contributed by atoms with Gasteiger partial charge >= 0.3 is 12.1 Å². The molecular weight excluding hydrogens is 575 g/mol. The molecule has 1 unspecified atom stereocenters. The van der Waals surface area contributed by atoms with Crippen molar-refractivity contribution < 1.29 is 32.2 Å². The molecule has 0 amide bonds. The molecule has 2 fully saturated rings. The lowest BCUT2D eigenvalue weighted by molar-refractivity contribution is -0.138. The van der Waals surface area contributed by atoms with Crippen LogP contribution in [0.2, 0.25) is 0 Å². The number of esters is 1. The zero-order valence-electron chi connectivity index (χ0n) is 25.7. The summed E-state index contributed by atoms with van der Waals surface area (Å²) in [6.45, 7) is 9.26. The Morgan fingerprint density at radius 2 is 1.36 bits per heavy atom. The highest BCUT2D eigenvalue weighted by Crippen LogP contribution is 2.44. The number of hydrogen-bond acceptors (Lipinski definition) is 9. The first-order valence-electron chi connectivity index (χ1n) is 14.8. The van der Waals surface area contributed by atoms with Gasteiger partial charge in [-0.3, -0.25) is 4.79 Å². The Balaban J connectivity index is 0.00000529. The number of piperazine rings is 2. The summed E-state index contributed by atoms with van der Waals surface area (Å²) in [7, 11) is 7.43. The van der Waals surface area contributed by atoms with Crippen molar-refractivity contribution in [3.05, 3.63) is 57.9 Å². The Hall–Kier alpha value is -2.93. The van der Waals surface area contributed by atoms with Crippen molar-refractivity contribution in [2.24, 2.45) is 0 Å². The van der Waals surface area contributed by atoms with E-state index in [2.05, 4.69) is 33.7 Å². The number of nitrogens with zero attached hydrogens (tertiary/aromatic N) is 5. The van der Waals surface area contributed by atoms with Crippen molar-refractivity contribution in [1.82, 2.24) is 24.5 Å². The molecule has 3 heterocycles. The Bertz CT molecular complexity index is 1170. The molecule has 2 saturated heterocycles. The number of ether oxygens (including phenoxy) is 2. The number of alkyl halides is 3. The molecule has 3 aliphatic heterocycles. The third-order valence-electron chi connectivity index (χ3n) is 8.93. The molecule has 0 spiro atoms. The van der Waals surface area contributed by atoms with Crippen LogP contribution in [0.5, 0.6) is 0 Å². The highest BCUT2D eigenvalue weighted by atomic mass is 19.4. The highest BCUT2D eigenvalue weighted by Gasteiger charge is 2.39. The average molecular weight is 624 g/mol. The van der Waals surface area contributed by atoms with Gasteiger partial charge in [0.15, 0.2) is 0 Å². The van der Waals surface area contributed by atoms with Gasteiger partial charge in [0.2, 0.25) is 0 Å². The fourth-order valence-electron chi connectivity index (χ4n) is 6.24. The van der Waals surface area contributed by atoms with Crippen LogP contribution in [0.4, 0.5) is 13.2 Å². The van der Waals surface area contributed by atoms with Crippen molar-refractivity contribution in [2.75, 3.05) is 100 Å². The summed E-state index contributed by atoms with van der Waals surface area (Å²) in [4.78, 5) is 36.3. The van der Waals surface area contributed by atoms with E-state index in [0.717, 1.165) is 89.0 Å². The largest absolute Gasteiger partial charge is 0.466 e. The third-order valence-corrected chi connectivity index (χ3v) is 8.93. The van der Waals surface area contributed by atoms with Gasteiger partial charge in [-0.1, -0.05) is 19.6 Å². The molecule has 1 aromatic carbocycles. The fraction of sp³-hybridized carbons (Fsp3) is 0.625. The molecule has 0 aliphatic carbocycles. The molecule has 1 atom stereocenters. The second kappa shape index (κ2) is 15.9. The summed E-state index contributed by atoms with van der Waals surface area (Å²) in [5.41, 5.74) is 2.47. The molecule has 3 aliphatic rings. The predicted molar refractivity (Wildman–Crippen MR) is 164 cm³/mol. The maximum Gasteiger partial charge on any atom is 0.416 e. The number of hydrogen-bond donors (Lipinski definition) is 0. The summed E-state index contributed by atoms with van der Waals surface area (Å²) in [6.07, 6.45) is -3.31. The molecular formula is C32H48F3N5O4. The van der Waals surface area contributed by atoms with Gasteiger partial charge in [0.1, 0.15) is 6.61 Å². The quantitative estimate of drug-likeness (QED) is 0.272. The van der Waals surface area contributed by atoms with E-state index < -0.39 is 23.6 Å². The van der Waals surface area contributed by atoms with E-state index in [4.69, 9.17) is 9.47 Å². The van der Waals surface area contributed by atoms with Crippen LogP contribution in [-0.4, -0.2) is 137 Å². The Morgan fingerprint density at radius 3 is 1.82 bits per heavy atom. The van der Waals surface area contributed by atoms with Crippen molar-refractivity contribution in [3.63, 3.8) is 0 Å². The molecule has 246 valence electrons. The molecule has 44 heavy (non-hydrogen) atoms. The Kier molecular flexibility index (Phi) is 12.8. The topological polar surface area (TPSA) is 68.8 Å². The normalized spacial score (nSPS) is 21.3. The first-order chi connectivity index (χ1) is 20.5. The zero-order valence-corrected chi connectivity index (χ0v) is 25.7. The molecule has 4 rings (SSSR count). The lowest BCUT2D eigenvalue weighted by atomic mass is 9.78. The maximum absolute atomic E-state index is 13.5. The standard InChI is InChI=1S/C31H44F3N5O4.CH4/c1-35-13-17-38(18-14-35)11-9-26-25(21-43-22-40)28(23-5-7-24(8-6-23)31(32,33)34)29(30(41)42-4)27(37(26)3)10-12-39-19-15-36(2)16-20-39;/h5-8,22,28H,9-21H2,1-4H3;1H4. The number of likely N-dealkylation sites (N-methyl/N-ethyl adjacent to an activating group) is 2. The smallest absolute Gasteiger partial charge is 0.416 e. The molecule has 0 saturated carbocycles. The molecule has 0 N–H and O–H groups in total. The summed E-state index contributed by atoms with van der Waals surface area (Å²) in [6, 6.07) is 4.90. The van der Waals surface area contributed by atoms with E-state index in [1.165, 1.54) is 19.2 Å². The summed E-state index contributed by atoms with van der Waals surface area (Å²) in [5.74, 6) is -1.28. The van der Waals surface area contributed by atoms with Crippen molar-refractivity contribution in [3.8, 4) is 0 Å². The SMILES string of the molecule is C.COC(=O)C1=C(CCN2CCN(C)CC2)N(C)C(CCN2CCN(C)CC2)=C(COC=O)C1c1ccc(C(F)(F)F)cc1. The van der Waals surface area contributed by atoms with Gasteiger partial charge in [0, 0.05) is 103 Å². The van der Waals surface area contributed by atoms with Gasteiger partial charge in [-0.2, -0.15) is 13.2 Å². The maximum atomic E-state index is 13.5. The van der Waals surface area contributed by atoms with Gasteiger partial charge in [0.05, 0.1) is 18.2 Å². The minimum Gasteiger partial charge on any atom is -0.466 e. The summed E-state index contributed by atoms with van der Waals surface area (Å²) < 4.78 is 51.0. The van der Waals surface area contributed by atoms with Crippen LogP contribution in [-0.2, 0) is 25.2 Å². The average Bonchev–Trinajstić information content (AvgIpc) is 2.99. The molecule has 0 bridgehead atoms. The first-order valence-corrected chi connectivity index (χ1v) is 14.8. The van der Waals surface area contributed by atoms with Gasteiger partial charge in [0.25, 0.3) is 6.47 Å². The first kappa shape index (κ1) is 35.5. The van der Waals surface area contributed by atoms with E-state index in [1.54, 1.807) is 0 Å². The van der Waals surface area contributed by atoms with Crippen molar-refractivity contribution >= 4 is 12.4 Å². The minimum atomic E-state index is -4.49. The second-order valence-corrected chi connectivity index (χ2v) is 11.6. The summed E-state index contributed by atoms with van der Waals surface area (Å²) in [5, 5.41) is 0. The predicted octanol–water partition coefficient (Wildman–Crippen LogP) is 3.50. The van der Waals surface area contributed by atoms with Crippen molar-refractivity contribution in [2.45, 2.75) is 32.4 Å². The van der Waals surface area contributed by atoms with Crippen LogP contribution in [0.1, 0.15) is 37.3 Å². The molecule has 1 aromatic rings. The van der Waals surface area contributed by atoms with E-state index in [9.17, 15) is 22.8 Å². The lowest BCUT2D eigenvalue weighted by Crippen LogP contribution is -2.46. The van der Waals surface area contributed by atoms with Crippen LogP contribution in [0.3, 0.4) is 0 Å². The molecule has 12 heteroatoms. The van der Waals surface area contributed by atoms with Gasteiger partial charge in [-0.25, -0.2) is 4.79 Å². The van der Waals surface area contributed by atoms with Crippen LogP contribution in [0, 0.1) is 0 Å². The molecule has 9 nitrogen and oxygen atoms in total. The summed E-state index contributed by atoms with van der Waals surface area (Å²) >= 11 is 0. The van der Waals surface area contributed by atoms with E-state index >= 15 is 0 Å². The third kappa shape index (κ3) is 8.62.